The van der Waals surface area contributed by atoms with Gasteiger partial charge in [-0.1, -0.05) is 11.6 Å². The first-order valence-electron chi connectivity index (χ1n) is 4.93. The van der Waals surface area contributed by atoms with Crippen molar-refractivity contribution < 1.29 is 4.79 Å². The molecule has 0 bridgehead atoms. The lowest BCUT2D eigenvalue weighted by Gasteiger charge is -2.27. The van der Waals surface area contributed by atoms with Gasteiger partial charge in [-0.15, -0.1) is 0 Å². The summed E-state index contributed by atoms with van der Waals surface area (Å²) in [6.07, 6.45) is 1.20. The van der Waals surface area contributed by atoms with Gasteiger partial charge in [0.05, 0.1) is 0 Å². The van der Waals surface area contributed by atoms with Gasteiger partial charge in [-0.2, -0.15) is 0 Å². The molecule has 2 heterocycles. The lowest BCUT2D eigenvalue weighted by Crippen LogP contribution is -2.34. The van der Waals surface area contributed by atoms with Gasteiger partial charge in [0, 0.05) is 32.0 Å². The van der Waals surface area contributed by atoms with Crippen LogP contribution in [0.4, 0.5) is 5.82 Å². The molecule has 0 N–H and O–H groups in total. The molecule has 0 amide bonds. The van der Waals surface area contributed by atoms with E-state index >= 15 is 0 Å². The highest BCUT2D eigenvalue weighted by molar-refractivity contribution is 6.29. The van der Waals surface area contributed by atoms with Crippen molar-refractivity contribution in [1.29, 1.82) is 0 Å². The smallest absolute Gasteiger partial charge is 0.136 e. The Bertz CT molecular complexity index is 364. The quantitative estimate of drug-likeness (QED) is 0.682. The molecule has 1 aliphatic rings. The summed E-state index contributed by atoms with van der Waals surface area (Å²) < 4.78 is 0. The van der Waals surface area contributed by atoms with E-state index in [1.165, 1.54) is 0 Å². The Morgan fingerprint density at radius 2 is 2.00 bits per heavy atom. The third kappa shape index (κ3) is 2.45. The van der Waals surface area contributed by atoms with E-state index in [0.717, 1.165) is 18.9 Å². The van der Waals surface area contributed by atoms with Crippen LogP contribution in [0.5, 0.6) is 0 Å². The lowest BCUT2D eigenvalue weighted by atomic mass is 10.1. The Kier molecular flexibility index (Phi) is 2.86. The molecule has 4 nitrogen and oxygen atoms in total. The second kappa shape index (κ2) is 4.14. The van der Waals surface area contributed by atoms with E-state index < -0.39 is 0 Å². The monoisotopic (exact) mass is 225 g/mol. The molecule has 0 atom stereocenters. The number of carbonyl (C=O) groups excluding carboxylic acids is 1. The third-order valence-corrected chi connectivity index (χ3v) is 2.63. The van der Waals surface area contributed by atoms with Crippen LogP contribution in [0.15, 0.2) is 6.07 Å². The SMILES string of the molecule is Cc1nc(Cl)cc(N2CCC(=O)CC2)n1. The molecule has 1 saturated heterocycles. The number of nitrogens with zero attached hydrogens (tertiary/aromatic N) is 3. The molecule has 1 fully saturated rings. The molecule has 0 spiro atoms. The summed E-state index contributed by atoms with van der Waals surface area (Å²) >= 11 is 5.85. The topological polar surface area (TPSA) is 46.1 Å². The van der Waals surface area contributed by atoms with Crippen molar-refractivity contribution in [2.24, 2.45) is 0 Å². The number of hydrogen-bond acceptors (Lipinski definition) is 4. The van der Waals surface area contributed by atoms with Crippen LogP contribution in [0.25, 0.3) is 0 Å². The fraction of sp³-hybridized carbons (Fsp3) is 0.500. The Balaban J connectivity index is 2.18. The molecule has 0 unspecified atom stereocenters. The van der Waals surface area contributed by atoms with E-state index in [1.54, 1.807) is 6.07 Å². The minimum Gasteiger partial charge on any atom is -0.356 e. The number of piperidine rings is 1. The molecule has 0 saturated carbocycles. The number of carbonyl (C=O) groups is 1. The highest BCUT2D eigenvalue weighted by atomic mass is 35.5. The zero-order valence-electron chi connectivity index (χ0n) is 8.53. The summed E-state index contributed by atoms with van der Waals surface area (Å²) in [5, 5.41) is 0.453. The van der Waals surface area contributed by atoms with Crippen molar-refractivity contribution in [3.8, 4) is 0 Å². The van der Waals surface area contributed by atoms with Gasteiger partial charge in [-0.3, -0.25) is 4.79 Å². The molecule has 80 valence electrons. The zero-order chi connectivity index (χ0) is 10.8. The standard InChI is InChI=1S/C10H12ClN3O/c1-7-12-9(11)6-10(13-7)14-4-2-8(15)3-5-14/h6H,2-5H2,1H3. The van der Waals surface area contributed by atoms with Crippen LogP contribution in [-0.2, 0) is 4.79 Å². The summed E-state index contributed by atoms with van der Waals surface area (Å²) in [6.45, 7) is 3.27. The van der Waals surface area contributed by atoms with Crippen LogP contribution < -0.4 is 4.90 Å². The van der Waals surface area contributed by atoms with Crippen LogP contribution in [-0.4, -0.2) is 28.8 Å². The summed E-state index contributed by atoms with van der Waals surface area (Å²) in [4.78, 5) is 21.5. The molecule has 15 heavy (non-hydrogen) atoms. The highest BCUT2D eigenvalue weighted by Crippen LogP contribution is 2.18. The Hall–Kier alpha value is -1.16. The summed E-state index contributed by atoms with van der Waals surface area (Å²) in [5.74, 6) is 1.80. The minimum absolute atomic E-state index is 0.322. The number of ketones is 1. The molecule has 0 aromatic carbocycles. The maximum Gasteiger partial charge on any atom is 0.136 e. The summed E-state index contributed by atoms with van der Waals surface area (Å²) in [7, 11) is 0. The first kappa shape index (κ1) is 10.4. The number of halogens is 1. The van der Waals surface area contributed by atoms with Gasteiger partial charge in [-0.25, -0.2) is 9.97 Å². The van der Waals surface area contributed by atoms with Gasteiger partial charge in [0.1, 0.15) is 22.6 Å². The molecular formula is C10H12ClN3O. The van der Waals surface area contributed by atoms with Crippen LogP contribution in [0.3, 0.4) is 0 Å². The van der Waals surface area contributed by atoms with Crippen molar-refractivity contribution in [2.75, 3.05) is 18.0 Å². The number of anilines is 1. The van der Waals surface area contributed by atoms with E-state index in [-0.39, 0.29) is 0 Å². The fourth-order valence-corrected chi connectivity index (χ4v) is 1.88. The number of Topliss-reactive ketones (excluding diaryl/α,β-unsaturated/α-hetero) is 1. The Morgan fingerprint density at radius 3 is 2.60 bits per heavy atom. The van der Waals surface area contributed by atoms with Crippen LogP contribution in [0.1, 0.15) is 18.7 Å². The van der Waals surface area contributed by atoms with E-state index in [2.05, 4.69) is 14.9 Å². The minimum atomic E-state index is 0.322. The average Bonchev–Trinajstić information content (AvgIpc) is 2.17. The number of rotatable bonds is 1. The molecule has 0 radical (unpaired) electrons. The van der Waals surface area contributed by atoms with Crippen LogP contribution in [0, 0.1) is 6.92 Å². The van der Waals surface area contributed by atoms with Crippen LogP contribution >= 0.6 is 11.6 Å². The number of aryl methyl sites for hydroxylation is 1. The summed E-state index contributed by atoms with van der Waals surface area (Å²) in [6, 6.07) is 1.74. The van der Waals surface area contributed by atoms with Gasteiger partial charge >= 0.3 is 0 Å². The predicted molar refractivity (Wildman–Crippen MR) is 58.2 cm³/mol. The second-order valence-corrected chi connectivity index (χ2v) is 4.01. The number of hydrogen-bond donors (Lipinski definition) is 0. The predicted octanol–water partition coefficient (Wildman–Crippen LogP) is 1.61. The second-order valence-electron chi connectivity index (χ2n) is 3.62. The van der Waals surface area contributed by atoms with Crippen molar-refractivity contribution >= 4 is 23.2 Å². The van der Waals surface area contributed by atoms with Gasteiger partial charge < -0.3 is 4.90 Å². The molecule has 1 aromatic heterocycles. The van der Waals surface area contributed by atoms with E-state index in [1.807, 2.05) is 6.92 Å². The van der Waals surface area contributed by atoms with Gasteiger partial charge in [-0.05, 0) is 6.92 Å². The largest absolute Gasteiger partial charge is 0.356 e. The fourth-order valence-electron chi connectivity index (χ4n) is 1.66. The average molecular weight is 226 g/mol. The number of aromatic nitrogens is 2. The van der Waals surface area contributed by atoms with Gasteiger partial charge in [0.15, 0.2) is 0 Å². The molecule has 2 rings (SSSR count). The van der Waals surface area contributed by atoms with E-state index in [0.29, 0.717) is 29.6 Å². The molecular weight excluding hydrogens is 214 g/mol. The normalized spacial score (nSPS) is 16.9. The lowest BCUT2D eigenvalue weighted by molar-refractivity contribution is -0.119. The van der Waals surface area contributed by atoms with Gasteiger partial charge in [0.2, 0.25) is 0 Å². The molecule has 0 aliphatic carbocycles. The first-order chi connectivity index (χ1) is 7.15. The Labute approximate surface area is 93.3 Å². The van der Waals surface area contributed by atoms with Crippen LogP contribution in [0.2, 0.25) is 5.15 Å². The first-order valence-corrected chi connectivity index (χ1v) is 5.31. The van der Waals surface area contributed by atoms with E-state index in [9.17, 15) is 4.79 Å². The van der Waals surface area contributed by atoms with Crippen molar-refractivity contribution in [2.45, 2.75) is 19.8 Å². The third-order valence-electron chi connectivity index (χ3n) is 2.44. The van der Waals surface area contributed by atoms with Crippen molar-refractivity contribution in [3.05, 3.63) is 17.0 Å². The van der Waals surface area contributed by atoms with E-state index in [4.69, 9.17) is 11.6 Å². The van der Waals surface area contributed by atoms with Crippen molar-refractivity contribution in [1.82, 2.24) is 9.97 Å². The van der Waals surface area contributed by atoms with Crippen molar-refractivity contribution in [3.63, 3.8) is 0 Å². The zero-order valence-corrected chi connectivity index (χ0v) is 9.29. The molecule has 1 aromatic rings. The maximum atomic E-state index is 11.1. The highest BCUT2D eigenvalue weighted by Gasteiger charge is 2.17. The summed E-state index contributed by atoms with van der Waals surface area (Å²) in [5.41, 5.74) is 0. The van der Waals surface area contributed by atoms with Gasteiger partial charge in [0.25, 0.3) is 0 Å². The molecule has 1 aliphatic heterocycles. The molecule has 5 heteroatoms. The Morgan fingerprint density at radius 1 is 1.33 bits per heavy atom. The maximum absolute atomic E-state index is 11.1.